The van der Waals surface area contributed by atoms with Crippen LogP contribution in [0.1, 0.15) is 16.9 Å². The summed E-state index contributed by atoms with van der Waals surface area (Å²) in [5.74, 6) is -0.634. The number of carboxylic acid groups (broad SMARTS) is 1. The number of methoxy groups -OCH3 is 1. The van der Waals surface area contributed by atoms with Crippen molar-refractivity contribution in [2.45, 2.75) is 13.0 Å². The molecule has 0 aliphatic carbocycles. The van der Waals surface area contributed by atoms with Crippen LogP contribution in [-0.2, 0) is 11.3 Å². The molecule has 1 aromatic heterocycles. The maximum absolute atomic E-state index is 12.0. The number of ether oxygens (including phenoxy) is 1. The van der Waals surface area contributed by atoms with Crippen LogP contribution in [0.3, 0.4) is 0 Å². The fraction of sp³-hybridized carbons (Fsp3) is 0.214. The maximum atomic E-state index is 12.0. The van der Waals surface area contributed by atoms with Gasteiger partial charge in [0.1, 0.15) is 5.75 Å². The molecule has 0 fully saturated rings. The Morgan fingerprint density at radius 3 is 2.90 bits per heavy atom. The Morgan fingerprint density at radius 1 is 1.38 bits per heavy atom. The average molecular weight is 289 g/mol. The lowest BCUT2D eigenvalue weighted by Gasteiger charge is -2.05. The van der Waals surface area contributed by atoms with Gasteiger partial charge in [-0.15, -0.1) is 0 Å². The van der Waals surface area contributed by atoms with Crippen molar-refractivity contribution in [3.63, 3.8) is 0 Å². The monoisotopic (exact) mass is 289 g/mol. The van der Waals surface area contributed by atoms with E-state index in [-0.39, 0.29) is 24.6 Å². The molecular formula is C14H15N3O4. The summed E-state index contributed by atoms with van der Waals surface area (Å²) in [6, 6.07) is 8.51. The van der Waals surface area contributed by atoms with Gasteiger partial charge < -0.3 is 15.2 Å². The molecule has 0 saturated heterocycles. The first-order valence-corrected chi connectivity index (χ1v) is 6.29. The molecule has 0 bridgehead atoms. The van der Waals surface area contributed by atoms with Gasteiger partial charge in [0.25, 0.3) is 5.91 Å². The minimum Gasteiger partial charge on any atom is -0.497 e. The van der Waals surface area contributed by atoms with Gasteiger partial charge in [0.2, 0.25) is 0 Å². The maximum Gasteiger partial charge on any atom is 0.305 e. The summed E-state index contributed by atoms with van der Waals surface area (Å²) in [6.45, 7) is 0.224. The van der Waals surface area contributed by atoms with E-state index >= 15 is 0 Å². The van der Waals surface area contributed by atoms with Gasteiger partial charge in [-0.2, -0.15) is 5.10 Å². The van der Waals surface area contributed by atoms with Crippen LogP contribution in [0.2, 0.25) is 0 Å². The summed E-state index contributed by atoms with van der Waals surface area (Å²) >= 11 is 0. The minimum atomic E-state index is -0.909. The zero-order valence-corrected chi connectivity index (χ0v) is 11.4. The first kappa shape index (κ1) is 14.6. The molecule has 2 N–H and O–H groups in total. The number of aliphatic carboxylic acids is 1. The summed E-state index contributed by atoms with van der Waals surface area (Å²) in [6.07, 6.45) is 1.53. The second kappa shape index (κ2) is 6.56. The van der Waals surface area contributed by atoms with E-state index in [1.807, 2.05) is 0 Å². The molecule has 0 unspecified atom stereocenters. The van der Waals surface area contributed by atoms with E-state index in [0.717, 1.165) is 0 Å². The summed E-state index contributed by atoms with van der Waals surface area (Å²) in [5.41, 5.74) is 0.822. The highest BCUT2D eigenvalue weighted by molar-refractivity contribution is 6.02. The number of rotatable bonds is 6. The van der Waals surface area contributed by atoms with Crippen LogP contribution >= 0.6 is 0 Å². The molecule has 1 heterocycles. The third-order valence-corrected chi connectivity index (χ3v) is 2.76. The number of hydrogen-bond acceptors (Lipinski definition) is 4. The zero-order valence-electron chi connectivity index (χ0n) is 11.4. The number of aryl methyl sites for hydroxylation is 1. The van der Waals surface area contributed by atoms with Crippen LogP contribution in [0, 0.1) is 0 Å². The molecule has 0 spiro atoms. The molecule has 21 heavy (non-hydrogen) atoms. The molecule has 0 saturated carbocycles. The van der Waals surface area contributed by atoms with Crippen LogP contribution in [0.15, 0.2) is 36.5 Å². The van der Waals surface area contributed by atoms with Crippen LogP contribution in [-0.4, -0.2) is 33.9 Å². The molecule has 1 amide bonds. The van der Waals surface area contributed by atoms with E-state index in [2.05, 4.69) is 10.4 Å². The topological polar surface area (TPSA) is 93.5 Å². The number of carbonyl (C=O) groups excluding carboxylic acids is 1. The number of aromatic nitrogens is 2. The van der Waals surface area contributed by atoms with E-state index in [1.54, 1.807) is 37.6 Å². The molecule has 7 heteroatoms. The Balaban J connectivity index is 2.01. The molecule has 2 rings (SSSR count). The largest absolute Gasteiger partial charge is 0.497 e. The standard InChI is InChI=1S/C14H15N3O4/c1-21-11-4-2-3-10(9-11)15-14(20)12-5-7-17(16-12)8-6-13(18)19/h2-5,7,9H,6,8H2,1H3,(H,15,20)(H,18,19). The highest BCUT2D eigenvalue weighted by Crippen LogP contribution is 2.17. The van der Waals surface area contributed by atoms with Crippen LogP contribution in [0.25, 0.3) is 0 Å². The molecule has 0 aliphatic rings. The smallest absolute Gasteiger partial charge is 0.305 e. The van der Waals surface area contributed by atoms with Crippen molar-refractivity contribution >= 4 is 17.6 Å². The number of amides is 1. The Labute approximate surface area is 121 Å². The van der Waals surface area contributed by atoms with Gasteiger partial charge >= 0.3 is 5.97 Å². The van der Waals surface area contributed by atoms with Gasteiger partial charge in [0, 0.05) is 18.0 Å². The molecule has 0 atom stereocenters. The predicted molar refractivity (Wildman–Crippen MR) is 75.4 cm³/mol. The van der Waals surface area contributed by atoms with Crippen molar-refractivity contribution in [2.75, 3.05) is 12.4 Å². The van der Waals surface area contributed by atoms with E-state index < -0.39 is 5.97 Å². The van der Waals surface area contributed by atoms with Crippen molar-refractivity contribution in [3.05, 3.63) is 42.2 Å². The number of carboxylic acids is 1. The molecule has 1 aromatic carbocycles. The SMILES string of the molecule is COc1cccc(NC(=O)c2ccn(CCC(=O)O)n2)c1. The van der Waals surface area contributed by atoms with Crippen molar-refractivity contribution in [2.24, 2.45) is 0 Å². The van der Waals surface area contributed by atoms with Crippen molar-refractivity contribution in [1.82, 2.24) is 9.78 Å². The van der Waals surface area contributed by atoms with Gasteiger partial charge in [0.15, 0.2) is 5.69 Å². The number of carbonyl (C=O) groups is 2. The van der Waals surface area contributed by atoms with E-state index in [1.165, 1.54) is 10.7 Å². The number of nitrogens with one attached hydrogen (secondary N) is 1. The summed E-state index contributed by atoms with van der Waals surface area (Å²) < 4.78 is 6.50. The van der Waals surface area contributed by atoms with Crippen LogP contribution in [0.4, 0.5) is 5.69 Å². The lowest BCUT2D eigenvalue weighted by atomic mass is 10.3. The third kappa shape index (κ3) is 4.07. The zero-order chi connectivity index (χ0) is 15.2. The lowest BCUT2D eigenvalue weighted by Crippen LogP contribution is -2.14. The van der Waals surface area contributed by atoms with Crippen molar-refractivity contribution in [1.29, 1.82) is 0 Å². The molecule has 0 aliphatic heterocycles. The number of hydrogen-bond donors (Lipinski definition) is 2. The van der Waals surface area contributed by atoms with Gasteiger partial charge in [-0.25, -0.2) is 0 Å². The second-order valence-electron chi connectivity index (χ2n) is 4.29. The van der Waals surface area contributed by atoms with Crippen LogP contribution in [0.5, 0.6) is 5.75 Å². The van der Waals surface area contributed by atoms with Gasteiger partial charge in [-0.05, 0) is 18.2 Å². The third-order valence-electron chi connectivity index (χ3n) is 2.76. The first-order chi connectivity index (χ1) is 10.1. The lowest BCUT2D eigenvalue weighted by molar-refractivity contribution is -0.137. The van der Waals surface area contributed by atoms with Crippen molar-refractivity contribution in [3.8, 4) is 5.75 Å². The quantitative estimate of drug-likeness (QED) is 0.842. The Morgan fingerprint density at radius 2 is 2.19 bits per heavy atom. The van der Waals surface area contributed by atoms with Crippen molar-refractivity contribution < 1.29 is 19.4 Å². The summed E-state index contributed by atoms with van der Waals surface area (Å²) in [5, 5.41) is 15.3. The van der Waals surface area contributed by atoms with Gasteiger partial charge in [-0.3, -0.25) is 14.3 Å². The number of benzene rings is 1. The molecular weight excluding hydrogens is 274 g/mol. The molecule has 0 radical (unpaired) electrons. The number of anilines is 1. The van der Waals surface area contributed by atoms with Gasteiger partial charge in [-0.1, -0.05) is 6.07 Å². The molecule has 7 nitrogen and oxygen atoms in total. The number of nitrogens with zero attached hydrogens (tertiary/aromatic N) is 2. The van der Waals surface area contributed by atoms with E-state index in [4.69, 9.17) is 9.84 Å². The fourth-order valence-corrected chi connectivity index (χ4v) is 1.71. The molecule has 2 aromatic rings. The minimum absolute atomic E-state index is 0.0430. The fourth-order valence-electron chi connectivity index (χ4n) is 1.71. The Bertz CT molecular complexity index is 651. The highest BCUT2D eigenvalue weighted by atomic mass is 16.5. The van der Waals surface area contributed by atoms with E-state index in [0.29, 0.717) is 11.4 Å². The Hall–Kier alpha value is -2.83. The Kier molecular flexibility index (Phi) is 4.55. The first-order valence-electron chi connectivity index (χ1n) is 6.29. The molecule has 110 valence electrons. The summed E-state index contributed by atoms with van der Waals surface area (Å²) in [7, 11) is 1.55. The predicted octanol–water partition coefficient (Wildman–Crippen LogP) is 1.62. The average Bonchev–Trinajstić information content (AvgIpc) is 2.94. The van der Waals surface area contributed by atoms with E-state index in [9.17, 15) is 9.59 Å². The normalized spacial score (nSPS) is 10.1. The second-order valence-corrected chi connectivity index (χ2v) is 4.29. The van der Waals surface area contributed by atoms with Gasteiger partial charge in [0.05, 0.1) is 20.1 Å². The highest BCUT2D eigenvalue weighted by Gasteiger charge is 2.10. The summed E-state index contributed by atoms with van der Waals surface area (Å²) in [4.78, 5) is 22.5. The van der Waals surface area contributed by atoms with Crippen LogP contribution < -0.4 is 10.1 Å².